The zero-order valence-electron chi connectivity index (χ0n) is 8.46. The van der Waals surface area contributed by atoms with Crippen molar-refractivity contribution in [1.82, 2.24) is 9.36 Å². The minimum absolute atomic E-state index is 0.0449. The van der Waals surface area contributed by atoms with Crippen LogP contribution in [0.15, 0.2) is 35.8 Å². The molecule has 2 rings (SSSR count). The van der Waals surface area contributed by atoms with Gasteiger partial charge in [0.15, 0.2) is 5.82 Å². The molecule has 3 nitrogen and oxygen atoms in total. The van der Waals surface area contributed by atoms with Crippen molar-refractivity contribution in [2.75, 3.05) is 0 Å². The Bertz CT molecular complexity index is 388. The molecule has 1 atom stereocenters. The van der Waals surface area contributed by atoms with E-state index in [2.05, 4.69) is 9.36 Å². The van der Waals surface area contributed by atoms with Gasteiger partial charge in [-0.2, -0.15) is 4.37 Å². The summed E-state index contributed by atoms with van der Waals surface area (Å²) in [5.41, 5.74) is 2.89. The fourth-order valence-electron chi connectivity index (χ4n) is 1.23. The molecule has 1 aromatic heterocycles. The molecule has 4 heteroatoms. The molecule has 0 aliphatic carbocycles. The highest BCUT2D eigenvalue weighted by Crippen LogP contribution is 2.15. The molecule has 1 heterocycles. The molecule has 1 aromatic carbocycles. The first-order valence-electron chi connectivity index (χ1n) is 4.78. The predicted molar refractivity (Wildman–Crippen MR) is 59.6 cm³/mol. The van der Waals surface area contributed by atoms with Crippen molar-refractivity contribution in [2.45, 2.75) is 19.6 Å². The van der Waals surface area contributed by atoms with E-state index in [0.717, 1.165) is 5.82 Å². The molecular weight excluding hydrogens is 208 g/mol. The van der Waals surface area contributed by atoms with Crippen LogP contribution < -0.4 is 0 Å². The first-order chi connectivity index (χ1) is 7.36. The molecule has 0 radical (unpaired) electrons. The Morgan fingerprint density at radius 3 is 2.80 bits per heavy atom. The molecule has 0 aliphatic heterocycles. The van der Waals surface area contributed by atoms with Crippen molar-refractivity contribution in [3.05, 3.63) is 47.2 Å². The van der Waals surface area contributed by atoms with Gasteiger partial charge in [0.25, 0.3) is 0 Å². The van der Waals surface area contributed by atoms with Gasteiger partial charge in [-0.15, -0.1) is 0 Å². The van der Waals surface area contributed by atoms with Crippen LogP contribution >= 0.6 is 11.5 Å². The molecule has 0 saturated heterocycles. The van der Waals surface area contributed by atoms with Crippen LogP contribution in [0.25, 0.3) is 0 Å². The van der Waals surface area contributed by atoms with E-state index in [-0.39, 0.29) is 6.10 Å². The first-order valence-corrected chi connectivity index (χ1v) is 5.61. The van der Waals surface area contributed by atoms with Crippen molar-refractivity contribution < 1.29 is 4.74 Å². The fourth-order valence-corrected chi connectivity index (χ4v) is 1.73. The lowest BCUT2D eigenvalue weighted by molar-refractivity contribution is 0.0475. The first kappa shape index (κ1) is 10.3. The van der Waals surface area contributed by atoms with E-state index in [4.69, 9.17) is 4.74 Å². The van der Waals surface area contributed by atoms with Crippen LogP contribution in [-0.2, 0) is 11.3 Å². The van der Waals surface area contributed by atoms with E-state index in [1.54, 1.807) is 5.51 Å². The Hall–Kier alpha value is -1.26. The monoisotopic (exact) mass is 220 g/mol. The van der Waals surface area contributed by atoms with Crippen molar-refractivity contribution in [3.8, 4) is 0 Å². The summed E-state index contributed by atoms with van der Waals surface area (Å²) in [5, 5.41) is 0. The Kier molecular flexibility index (Phi) is 3.42. The third kappa shape index (κ3) is 2.84. The Morgan fingerprint density at radius 1 is 1.33 bits per heavy atom. The highest BCUT2D eigenvalue weighted by atomic mass is 32.1. The second-order valence-electron chi connectivity index (χ2n) is 3.23. The molecule has 0 unspecified atom stereocenters. The van der Waals surface area contributed by atoms with Gasteiger partial charge in [-0.3, -0.25) is 0 Å². The highest BCUT2D eigenvalue weighted by Gasteiger charge is 2.09. The van der Waals surface area contributed by atoms with Crippen LogP contribution in [0.1, 0.15) is 24.4 Å². The van der Waals surface area contributed by atoms with Crippen molar-refractivity contribution in [2.24, 2.45) is 0 Å². The maximum atomic E-state index is 5.65. The molecular formula is C11H12N2OS. The van der Waals surface area contributed by atoms with Crippen LogP contribution in [-0.4, -0.2) is 9.36 Å². The van der Waals surface area contributed by atoms with Gasteiger partial charge in [0.05, 0.1) is 6.61 Å². The number of rotatable bonds is 4. The summed E-state index contributed by atoms with van der Waals surface area (Å²) in [6.07, 6.45) is -0.0449. The summed E-state index contributed by atoms with van der Waals surface area (Å²) >= 11 is 1.35. The summed E-state index contributed by atoms with van der Waals surface area (Å²) in [5.74, 6) is 0.760. The van der Waals surface area contributed by atoms with Gasteiger partial charge in [-0.05, 0) is 24.0 Å². The second kappa shape index (κ2) is 5.00. The lowest BCUT2D eigenvalue weighted by Crippen LogP contribution is -2.01. The van der Waals surface area contributed by atoms with E-state index in [1.807, 2.05) is 37.3 Å². The summed E-state index contributed by atoms with van der Waals surface area (Å²) in [6.45, 7) is 2.56. The fraction of sp³-hybridized carbons (Fsp3) is 0.273. The van der Waals surface area contributed by atoms with Gasteiger partial charge in [-0.1, -0.05) is 30.3 Å². The summed E-state index contributed by atoms with van der Waals surface area (Å²) in [7, 11) is 0. The Morgan fingerprint density at radius 2 is 2.13 bits per heavy atom. The van der Waals surface area contributed by atoms with Gasteiger partial charge < -0.3 is 4.74 Å². The van der Waals surface area contributed by atoms with Crippen LogP contribution in [0.2, 0.25) is 0 Å². The smallest absolute Gasteiger partial charge is 0.170 e. The molecule has 0 amide bonds. The number of hydrogen-bond donors (Lipinski definition) is 0. The van der Waals surface area contributed by atoms with Crippen LogP contribution in [0.3, 0.4) is 0 Å². The number of nitrogens with zero attached hydrogens (tertiary/aromatic N) is 2. The SMILES string of the molecule is C[C@H](OCc1ccccc1)c1ncsn1. The third-order valence-corrected chi connectivity index (χ3v) is 2.58. The quantitative estimate of drug-likeness (QED) is 0.794. The minimum atomic E-state index is -0.0449. The molecule has 15 heavy (non-hydrogen) atoms. The molecule has 0 N–H and O–H groups in total. The van der Waals surface area contributed by atoms with Crippen LogP contribution in [0, 0.1) is 0 Å². The predicted octanol–water partition coefficient (Wildman–Crippen LogP) is 2.82. The average Bonchev–Trinajstić information content (AvgIpc) is 2.81. The lowest BCUT2D eigenvalue weighted by atomic mass is 10.2. The Labute approximate surface area is 92.9 Å². The van der Waals surface area contributed by atoms with E-state index >= 15 is 0 Å². The molecule has 0 saturated carbocycles. The number of hydrogen-bond acceptors (Lipinski definition) is 4. The zero-order chi connectivity index (χ0) is 10.5. The minimum Gasteiger partial charge on any atom is -0.366 e. The molecule has 0 bridgehead atoms. The highest BCUT2D eigenvalue weighted by molar-refractivity contribution is 7.03. The maximum Gasteiger partial charge on any atom is 0.170 e. The maximum absolute atomic E-state index is 5.65. The molecule has 0 fully saturated rings. The standard InChI is InChI=1S/C11H12N2OS/c1-9(11-12-8-15-13-11)14-7-10-5-3-2-4-6-10/h2-6,8-9H,7H2,1H3/t9-/m0/s1. The van der Waals surface area contributed by atoms with E-state index < -0.39 is 0 Å². The van der Waals surface area contributed by atoms with Crippen molar-refractivity contribution >= 4 is 11.5 Å². The van der Waals surface area contributed by atoms with Crippen molar-refractivity contribution in [1.29, 1.82) is 0 Å². The normalized spacial score (nSPS) is 12.6. The Balaban J connectivity index is 1.89. The van der Waals surface area contributed by atoms with E-state index in [0.29, 0.717) is 6.61 Å². The van der Waals surface area contributed by atoms with Gasteiger partial charge in [0, 0.05) is 0 Å². The molecule has 0 aliphatic rings. The molecule has 2 aromatic rings. The topological polar surface area (TPSA) is 35.0 Å². The number of aromatic nitrogens is 2. The number of ether oxygens (including phenoxy) is 1. The lowest BCUT2D eigenvalue weighted by Gasteiger charge is -2.09. The largest absolute Gasteiger partial charge is 0.366 e. The van der Waals surface area contributed by atoms with Gasteiger partial charge in [-0.25, -0.2) is 4.98 Å². The summed E-state index contributed by atoms with van der Waals surface area (Å²) in [4.78, 5) is 4.11. The summed E-state index contributed by atoms with van der Waals surface area (Å²) < 4.78 is 9.79. The van der Waals surface area contributed by atoms with Gasteiger partial charge in [0.2, 0.25) is 0 Å². The second-order valence-corrected chi connectivity index (χ2v) is 3.83. The van der Waals surface area contributed by atoms with E-state index in [9.17, 15) is 0 Å². The summed E-state index contributed by atoms with van der Waals surface area (Å²) in [6, 6.07) is 10.1. The van der Waals surface area contributed by atoms with Crippen LogP contribution in [0.4, 0.5) is 0 Å². The van der Waals surface area contributed by atoms with E-state index in [1.165, 1.54) is 17.1 Å². The van der Waals surface area contributed by atoms with Gasteiger partial charge in [0.1, 0.15) is 11.6 Å². The van der Waals surface area contributed by atoms with Crippen LogP contribution in [0.5, 0.6) is 0 Å². The zero-order valence-corrected chi connectivity index (χ0v) is 9.28. The third-order valence-electron chi connectivity index (χ3n) is 2.08. The van der Waals surface area contributed by atoms with Gasteiger partial charge >= 0.3 is 0 Å². The molecule has 78 valence electrons. The average molecular weight is 220 g/mol. The number of benzene rings is 1. The molecule has 0 spiro atoms. The van der Waals surface area contributed by atoms with Crippen molar-refractivity contribution in [3.63, 3.8) is 0 Å².